The lowest BCUT2D eigenvalue weighted by atomic mass is 9.88. The molecule has 0 bridgehead atoms. The van der Waals surface area contributed by atoms with Crippen LogP contribution in [0.1, 0.15) is 6.92 Å². The zero-order valence-corrected chi connectivity index (χ0v) is 13.4. The van der Waals surface area contributed by atoms with Crippen LogP contribution >= 0.6 is 0 Å². The molecule has 3 rings (SSSR count). The lowest BCUT2D eigenvalue weighted by Gasteiger charge is -2.31. The van der Waals surface area contributed by atoms with Gasteiger partial charge in [0.1, 0.15) is 6.54 Å². The highest BCUT2D eigenvalue weighted by molar-refractivity contribution is 5.95. The van der Waals surface area contributed by atoms with Crippen molar-refractivity contribution in [3.63, 3.8) is 0 Å². The summed E-state index contributed by atoms with van der Waals surface area (Å²) in [6.45, 7) is 4.04. The molecule has 1 aromatic carbocycles. The third-order valence-electron chi connectivity index (χ3n) is 4.57. The largest absolute Gasteiger partial charge is 0.358 e. The average molecular weight is 314 g/mol. The monoisotopic (exact) mass is 314 g/mol. The number of carbonyl (C=O) groups excluding carboxylic acids is 2. The Labute approximate surface area is 135 Å². The van der Waals surface area contributed by atoms with Crippen LogP contribution in [0, 0.1) is 11.8 Å². The highest BCUT2D eigenvalue weighted by Crippen LogP contribution is 2.23. The maximum absolute atomic E-state index is 12.3. The first kappa shape index (κ1) is 15.6. The number of rotatable bonds is 5. The summed E-state index contributed by atoms with van der Waals surface area (Å²) < 4.78 is 1.88. The van der Waals surface area contributed by atoms with Crippen molar-refractivity contribution in [2.45, 2.75) is 13.5 Å². The second-order valence-electron chi connectivity index (χ2n) is 6.09. The fourth-order valence-electron chi connectivity index (χ4n) is 2.77. The van der Waals surface area contributed by atoms with Crippen molar-refractivity contribution in [1.82, 2.24) is 15.2 Å². The molecule has 0 radical (unpaired) electrons. The molecule has 0 aliphatic carbocycles. The van der Waals surface area contributed by atoms with E-state index in [-0.39, 0.29) is 24.3 Å². The van der Waals surface area contributed by atoms with Crippen molar-refractivity contribution in [1.29, 1.82) is 0 Å². The molecule has 1 fully saturated rings. The van der Waals surface area contributed by atoms with Gasteiger partial charge in [0.25, 0.3) is 0 Å². The van der Waals surface area contributed by atoms with Crippen molar-refractivity contribution in [2.24, 2.45) is 11.8 Å². The van der Waals surface area contributed by atoms with Crippen molar-refractivity contribution in [2.75, 3.05) is 25.5 Å². The van der Waals surface area contributed by atoms with Crippen LogP contribution in [-0.2, 0) is 16.1 Å². The molecule has 2 heterocycles. The van der Waals surface area contributed by atoms with E-state index in [1.54, 1.807) is 7.05 Å². The summed E-state index contributed by atoms with van der Waals surface area (Å²) in [6.07, 6.45) is 1.88. The maximum Gasteiger partial charge on any atom is 0.239 e. The zero-order chi connectivity index (χ0) is 16.4. The number of aromatic nitrogens is 1. The SMILES string of the molecule is CNC(=O)Cn1ccc2ccc(NC(=O)C(C)C3CNC3)cc21. The van der Waals surface area contributed by atoms with Crippen molar-refractivity contribution >= 4 is 28.4 Å². The number of nitrogens with one attached hydrogen (secondary N) is 3. The van der Waals surface area contributed by atoms with Crippen molar-refractivity contribution < 1.29 is 9.59 Å². The maximum atomic E-state index is 12.3. The molecule has 6 heteroatoms. The molecule has 0 saturated carbocycles. The van der Waals surface area contributed by atoms with E-state index in [2.05, 4.69) is 16.0 Å². The quantitative estimate of drug-likeness (QED) is 0.776. The Morgan fingerprint density at radius 1 is 1.35 bits per heavy atom. The standard InChI is InChI=1S/C17H22N4O2/c1-11(13-8-19-9-13)17(23)20-14-4-3-12-5-6-21(15(12)7-14)10-16(22)18-2/h3-7,11,13,19H,8-10H2,1-2H3,(H,18,22)(H,20,23). The van der Waals surface area contributed by atoms with E-state index >= 15 is 0 Å². The summed E-state index contributed by atoms with van der Waals surface area (Å²) in [5, 5.41) is 9.84. The number of benzene rings is 1. The summed E-state index contributed by atoms with van der Waals surface area (Å²) in [7, 11) is 1.62. The van der Waals surface area contributed by atoms with Gasteiger partial charge in [-0.2, -0.15) is 0 Å². The smallest absolute Gasteiger partial charge is 0.239 e. The Kier molecular flexibility index (Phi) is 4.34. The van der Waals surface area contributed by atoms with E-state index in [1.807, 2.05) is 42.0 Å². The van der Waals surface area contributed by atoms with Gasteiger partial charge in [-0.05, 0) is 42.6 Å². The van der Waals surface area contributed by atoms with Crippen LogP contribution in [0.5, 0.6) is 0 Å². The number of anilines is 1. The van der Waals surface area contributed by atoms with Gasteiger partial charge < -0.3 is 20.5 Å². The average Bonchev–Trinajstić information content (AvgIpc) is 2.87. The van der Waals surface area contributed by atoms with Crippen LogP contribution in [-0.4, -0.2) is 36.5 Å². The number of hydrogen-bond acceptors (Lipinski definition) is 3. The van der Waals surface area contributed by atoms with Gasteiger partial charge in [0, 0.05) is 24.8 Å². The molecular formula is C17H22N4O2. The number of likely N-dealkylation sites (N-methyl/N-ethyl adjacent to an activating group) is 1. The predicted molar refractivity (Wildman–Crippen MR) is 90.2 cm³/mol. The van der Waals surface area contributed by atoms with E-state index in [0.717, 1.165) is 29.7 Å². The summed E-state index contributed by atoms with van der Waals surface area (Å²) in [5.41, 5.74) is 1.70. The summed E-state index contributed by atoms with van der Waals surface area (Å²) in [4.78, 5) is 23.9. The minimum Gasteiger partial charge on any atom is -0.358 e. The molecule has 2 amide bonds. The van der Waals surface area contributed by atoms with Gasteiger partial charge in [0.15, 0.2) is 0 Å². The van der Waals surface area contributed by atoms with E-state index in [0.29, 0.717) is 5.92 Å². The topological polar surface area (TPSA) is 75.2 Å². The van der Waals surface area contributed by atoms with Gasteiger partial charge in [0.05, 0.1) is 5.52 Å². The van der Waals surface area contributed by atoms with Crippen LogP contribution in [0.3, 0.4) is 0 Å². The molecule has 1 aliphatic heterocycles. The molecule has 0 spiro atoms. The third kappa shape index (κ3) is 3.22. The molecule has 1 aromatic heterocycles. The Morgan fingerprint density at radius 3 is 2.78 bits per heavy atom. The molecule has 2 aromatic rings. The fourth-order valence-corrected chi connectivity index (χ4v) is 2.77. The molecule has 1 unspecified atom stereocenters. The van der Waals surface area contributed by atoms with Gasteiger partial charge in [-0.1, -0.05) is 13.0 Å². The first-order valence-corrected chi connectivity index (χ1v) is 7.89. The Morgan fingerprint density at radius 2 is 2.13 bits per heavy atom. The summed E-state index contributed by atoms with van der Waals surface area (Å²) in [5.74, 6) is 0.392. The van der Waals surface area contributed by atoms with Crippen LogP contribution < -0.4 is 16.0 Å². The molecule has 1 aliphatic rings. The second-order valence-corrected chi connectivity index (χ2v) is 6.09. The van der Waals surface area contributed by atoms with Gasteiger partial charge in [-0.15, -0.1) is 0 Å². The fraction of sp³-hybridized carbons (Fsp3) is 0.412. The number of amides is 2. The van der Waals surface area contributed by atoms with Crippen LogP contribution in [0.4, 0.5) is 5.69 Å². The molecule has 122 valence electrons. The van der Waals surface area contributed by atoms with Crippen molar-refractivity contribution in [3.8, 4) is 0 Å². The number of carbonyl (C=O) groups is 2. The Balaban J connectivity index is 1.77. The van der Waals surface area contributed by atoms with Crippen LogP contribution in [0.2, 0.25) is 0 Å². The van der Waals surface area contributed by atoms with Crippen LogP contribution in [0.25, 0.3) is 10.9 Å². The molecule has 6 nitrogen and oxygen atoms in total. The zero-order valence-electron chi connectivity index (χ0n) is 13.4. The number of fused-ring (bicyclic) bond motifs is 1. The van der Waals surface area contributed by atoms with Gasteiger partial charge in [-0.25, -0.2) is 0 Å². The lowest BCUT2D eigenvalue weighted by Crippen LogP contribution is -2.48. The minimum atomic E-state index is -0.0527. The first-order valence-electron chi connectivity index (χ1n) is 7.89. The lowest BCUT2D eigenvalue weighted by molar-refractivity contribution is -0.122. The van der Waals surface area contributed by atoms with E-state index < -0.39 is 0 Å². The molecule has 23 heavy (non-hydrogen) atoms. The highest BCUT2D eigenvalue weighted by atomic mass is 16.2. The Bertz CT molecular complexity index is 733. The van der Waals surface area contributed by atoms with Crippen molar-refractivity contribution in [3.05, 3.63) is 30.5 Å². The van der Waals surface area contributed by atoms with Crippen LogP contribution in [0.15, 0.2) is 30.5 Å². The van der Waals surface area contributed by atoms with E-state index in [4.69, 9.17) is 0 Å². The highest BCUT2D eigenvalue weighted by Gasteiger charge is 2.28. The van der Waals surface area contributed by atoms with E-state index in [1.165, 1.54) is 0 Å². The second kappa shape index (κ2) is 6.42. The van der Waals surface area contributed by atoms with Gasteiger partial charge >= 0.3 is 0 Å². The third-order valence-corrected chi connectivity index (χ3v) is 4.57. The van der Waals surface area contributed by atoms with E-state index in [9.17, 15) is 9.59 Å². The first-order chi connectivity index (χ1) is 11.1. The minimum absolute atomic E-state index is 0.00963. The normalized spacial score (nSPS) is 15.9. The molecular weight excluding hydrogens is 292 g/mol. The molecule has 1 saturated heterocycles. The molecule has 3 N–H and O–H groups in total. The predicted octanol–water partition coefficient (Wildman–Crippen LogP) is 1.18. The number of hydrogen-bond donors (Lipinski definition) is 3. The summed E-state index contributed by atoms with van der Waals surface area (Å²) in [6, 6.07) is 7.74. The number of nitrogens with zero attached hydrogens (tertiary/aromatic N) is 1. The van der Waals surface area contributed by atoms with Gasteiger partial charge in [0.2, 0.25) is 11.8 Å². The van der Waals surface area contributed by atoms with Gasteiger partial charge in [-0.3, -0.25) is 9.59 Å². The summed E-state index contributed by atoms with van der Waals surface area (Å²) >= 11 is 0. The molecule has 1 atom stereocenters. The Hall–Kier alpha value is -2.34.